The maximum Gasteiger partial charge on any atom is 0.379 e. The number of pyridine rings is 1. The number of hydrogen-bond donors (Lipinski definition) is 0. The Morgan fingerprint density at radius 2 is 2.12 bits per heavy atom. The Kier molecular flexibility index (Phi) is 4.63. The van der Waals surface area contributed by atoms with Gasteiger partial charge in [0.25, 0.3) is 5.78 Å². The van der Waals surface area contributed by atoms with Gasteiger partial charge in [0.05, 0.1) is 18.3 Å². The maximum atomic E-state index is 11.7. The van der Waals surface area contributed by atoms with Crippen LogP contribution in [0.1, 0.15) is 31.1 Å². The fourth-order valence-corrected chi connectivity index (χ4v) is 1.19. The quantitative estimate of drug-likeness (QED) is 0.442. The van der Waals surface area contributed by atoms with Crippen LogP contribution >= 0.6 is 0 Å². The molecular weight excluding hydrogens is 222 g/mol. The summed E-state index contributed by atoms with van der Waals surface area (Å²) < 4.78 is 10.0. The van der Waals surface area contributed by atoms with Gasteiger partial charge in [-0.05, 0) is 32.9 Å². The van der Waals surface area contributed by atoms with E-state index in [0.717, 1.165) is 0 Å². The highest BCUT2D eigenvalue weighted by Crippen LogP contribution is 2.16. The van der Waals surface area contributed by atoms with Crippen molar-refractivity contribution in [2.75, 3.05) is 6.61 Å². The van der Waals surface area contributed by atoms with Crippen molar-refractivity contribution in [2.45, 2.75) is 26.9 Å². The first-order chi connectivity index (χ1) is 8.06. The van der Waals surface area contributed by atoms with Gasteiger partial charge in [-0.1, -0.05) is 0 Å². The van der Waals surface area contributed by atoms with Crippen molar-refractivity contribution in [3.8, 4) is 5.88 Å². The Morgan fingerprint density at radius 3 is 2.71 bits per heavy atom. The van der Waals surface area contributed by atoms with Crippen molar-refractivity contribution < 1.29 is 19.1 Å². The number of nitrogens with zero attached hydrogens (tertiary/aromatic N) is 1. The summed E-state index contributed by atoms with van der Waals surface area (Å²) in [6.45, 7) is 5.42. The largest absolute Gasteiger partial charge is 0.474 e. The highest BCUT2D eigenvalue weighted by molar-refractivity contribution is 6.41. The second-order valence-electron chi connectivity index (χ2n) is 3.57. The van der Waals surface area contributed by atoms with E-state index in [0.29, 0.717) is 0 Å². The zero-order valence-corrected chi connectivity index (χ0v) is 10.1. The van der Waals surface area contributed by atoms with Crippen LogP contribution in [0.2, 0.25) is 0 Å². The van der Waals surface area contributed by atoms with E-state index in [1.54, 1.807) is 13.0 Å². The van der Waals surface area contributed by atoms with E-state index in [4.69, 9.17) is 4.74 Å². The summed E-state index contributed by atoms with van der Waals surface area (Å²) in [5.41, 5.74) is 0.125. The van der Waals surface area contributed by atoms with Gasteiger partial charge in [0.15, 0.2) is 0 Å². The summed E-state index contributed by atoms with van der Waals surface area (Å²) in [7, 11) is 0. The summed E-state index contributed by atoms with van der Waals surface area (Å²) in [6.07, 6.45) is 1.37. The van der Waals surface area contributed by atoms with Gasteiger partial charge in [-0.3, -0.25) is 4.79 Å². The first-order valence-corrected chi connectivity index (χ1v) is 5.39. The number of ether oxygens (including phenoxy) is 2. The number of ketones is 1. The second kappa shape index (κ2) is 5.98. The van der Waals surface area contributed by atoms with E-state index >= 15 is 0 Å². The Hall–Kier alpha value is -1.91. The normalized spacial score (nSPS) is 10.1. The molecule has 0 fully saturated rings. The van der Waals surface area contributed by atoms with Gasteiger partial charge in [-0.2, -0.15) is 0 Å². The highest BCUT2D eigenvalue weighted by atomic mass is 16.5. The zero-order chi connectivity index (χ0) is 12.8. The first kappa shape index (κ1) is 13.2. The molecular formula is C12H15NO4. The molecule has 1 rings (SSSR count). The van der Waals surface area contributed by atoms with Crippen LogP contribution in [0.4, 0.5) is 0 Å². The molecule has 92 valence electrons. The summed E-state index contributed by atoms with van der Waals surface area (Å²) in [4.78, 5) is 27.0. The lowest BCUT2D eigenvalue weighted by Crippen LogP contribution is -2.20. The number of rotatable bonds is 5. The zero-order valence-electron chi connectivity index (χ0n) is 10.1. The molecule has 0 saturated heterocycles. The van der Waals surface area contributed by atoms with Crippen molar-refractivity contribution in [1.82, 2.24) is 4.98 Å². The average molecular weight is 237 g/mol. The van der Waals surface area contributed by atoms with Crippen molar-refractivity contribution in [3.05, 3.63) is 23.9 Å². The fraction of sp³-hybridized carbons (Fsp3) is 0.417. The third-order valence-electron chi connectivity index (χ3n) is 1.82. The molecule has 0 bridgehead atoms. The lowest BCUT2D eigenvalue weighted by atomic mass is 10.2. The van der Waals surface area contributed by atoms with Crippen LogP contribution in [-0.2, 0) is 9.53 Å². The molecule has 0 aliphatic carbocycles. The average Bonchev–Trinajstić information content (AvgIpc) is 2.28. The molecule has 1 aromatic heterocycles. The molecule has 1 aromatic rings. The van der Waals surface area contributed by atoms with Crippen LogP contribution in [-0.4, -0.2) is 29.4 Å². The minimum atomic E-state index is -0.894. The molecule has 0 aromatic carbocycles. The molecule has 0 radical (unpaired) electrons. The predicted molar refractivity (Wildman–Crippen MR) is 61.0 cm³/mol. The SMILES string of the molecule is CCOC(=O)C(=O)c1cccnc1OC(C)C. The fourth-order valence-electron chi connectivity index (χ4n) is 1.19. The summed E-state index contributed by atoms with van der Waals surface area (Å²) in [5, 5.41) is 0. The van der Waals surface area contributed by atoms with Gasteiger partial charge in [-0.15, -0.1) is 0 Å². The van der Waals surface area contributed by atoms with E-state index in [-0.39, 0.29) is 24.2 Å². The molecule has 0 saturated carbocycles. The standard InChI is InChI=1S/C12H15NO4/c1-4-16-12(15)10(14)9-6-5-7-13-11(9)17-8(2)3/h5-8H,4H2,1-3H3. The topological polar surface area (TPSA) is 65.5 Å². The number of hydrogen-bond acceptors (Lipinski definition) is 5. The number of esters is 1. The van der Waals surface area contributed by atoms with Gasteiger partial charge in [0, 0.05) is 6.20 Å². The van der Waals surface area contributed by atoms with Crippen LogP contribution in [0.25, 0.3) is 0 Å². The van der Waals surface area contributed by atoms with E-state index in [1.165, 1.54) is 12.3 Å². The first-order valence-electron chi connectivity index (χ1n) is 5.39. The second-order valence-corrected chi connectivity index (χ2v) is 3.57. The summed E-state index contributed by atoms with van der Waals surface area (Å²) in [5.74, 6) is -1.48. The Morgan fingerprint density at radius 1 is 1.41 bits per heavy atom. The molecule has 5 heteroatoms. The third-order valence-corrected chi connectivity index (χ3v) is 1.82. The lowest BCUT2D eigenvalue weighted by molar-refractivity contribution is -0.137. The minimum absolute atomic E-state index is 0.125. The van der Waals surface area contributed by atoms with Crippen molar-refractivity contribution in [3.63, 3.8) is 0 Å². The van der Waals surface area contributed by atoms with E-state index in [9.17, 15) is 9.59 Å². The van der Waals surface area contributed by atoms with Crippen LogP contribution in [0, 0.1) is 0 Å². The number of Topliss-reactive ketones (excluding diaryl/α,β-unsaturated/α-hetero) is 1. The molecule has 17 heavy (non-hydrogen) atoms. The van der Waals surface area contributed by atoms with Crippen LogP contribution in [0.3, 0.4) is 0 Å². The summed E-state index contributed by atoms with van der Waals surface area (Å²) in [6, 6.07) is 3.06. The lowest BCUT2D eigenvalue weighted by Gasteiger charge is -2.11. The highest BCUT2D eigenvalue weighted by Gasteiger charge is 2.22. The van der Waals surface area contributed by atoms with Gasteiger partial charge in [0.1, 0.15) is 0 Å². The summed E-state index contributed by atoms with van der Waals surface area (Å²) >= 11 is 0. The number of carbonyl (C=O) groups excluding carboxylic acids is 2. The van der Waals surface area contributed by atoms with Crippen LogP contribution in [0.5, 0.6) is 5.88 Å². The van der Waals surface area contributed by atoms with Gasteiger partial charge in [-0.25, -0.2) is 9.78 Å². The molecule has 0 aliphatic rings. The minimum Gasteiger partial charge on any atom is -0.474 e. The van der Waals surface area contributed by atoms with Gasteiger partial charge >= 0.3 is 5.97 Å². The number of aromatic nitrogens is 1. The monoisotopic (exact) mass is 237 g/mol. The molecule has 1 heterocycles. The van der Waals surface area contributed by atoms with Crippen LogP contribution in [0.15, 0.2) is 18.3 Å². The Labute approximate surface area is 99.8 Å². The molecule has 0 atom stereocenters. The predicted octanol–water partition coefficient (Wildman–Crippen LogP) is 1.61. The van der Waals surface area contributed by atoms with E-state index < -0.39 is 11.8 Å². The molecule has 0 spiro atoms. The number of carbonyl (C=O) groups is 2. The van der Waals surface area contributed by atoms with Gasteiger partial charge < -0.3 is 9.47 Å². The van der Waals surface area contributed by atoms with Crippen LogP contribution < -0.4 is 4.74 Å². The Bertz CT molecular complexity index is 415. The molecule has 5 nitrogen and oxygen atoms in total. The van der Waals surface area contributed by atoms with E-state index in [2.05, 4.69) is 9.72 Å². The maximum absolute atomic E-state index is 11.7. The Balaban J connectivity index is 2.96. The smallest absolute Gasteiger partial charge is 0.379 e. The van der Waals surface area contributed by atoms with Gasteiger partial charge in [0.2, 0.25) is 5.88 Å². The molecule has 0 N–H and O–H groups in total. The third kappa shape index (κ3) is 3.55. The molecule has 0 unspecified atom stereocenters. The molecule has 0 amide bonds. The van der Waals surface area contributed by atoms with Crippen molar-refractivity contribution in [2.24, 2.45) is 0 Å². The van der Waals surface area contributed by atoms with Crippen molar-refractivity contribution in [1.29, 1.82) is 0 Å². The van der Waals surface area contributed by atoms with Crippen molar-refractivity contribution >= 4 is 11.8 Å². The molecule has 0 aliphatic heterocycles. The van der Waals surface area contributed by atoms with E-state index in [1.807, 2.05) is 13.8 Å².